The van der Waals surface area contributed by atoms with E-state index >= 15 is 0 Å². The number of hydrogen-bond donors (Lipinski definition) is 2. The molecule has 9 nitrogen and oxygen atoms in total. The second kappa shape index (κ2) is 13.4. The molecule has 2 fully saturated rings. The fourth-order valence-electron chi connectivity index (χ4n) is 5.42. The molecule has 2 aliphatic heterocycles. The number of piperazine rings is 1. The number of likely N-dealkylation sites (N-methyl/N-ethyl adjacent to an activating group) is 1. The summed E-state index contributed by atoms with van der Waals surface area (Å²) in [5.41, 5.74) is 2.61. The summed E-state index contributed by atoms with van der Waals surface area (Å²) < 4.78 is 18.6. The van der Waals surface area contributed by atoms with E-state index in [9.17, 15) is 4.21 Å². The summed E-state index contributed by atoms with van der Waals surface area (Å²) in [6.07, 6.45) is 3.90. The first kappa shape index (κ1) is 29.6. The Hall–Kier alpha value is -2.92. The van der Waals surface area contributed by atoms with E-state index in [4.69, 9.17) is 16.3 Å². The summed E-state index contributed by atoms with van der Waals surface area (Å²) in [4.78, 5) is 17.2. The second-order valence-electron chi connectivity index (χ2n) is 10.9. The number of para-hydroxylation sites is 1. The molecule has 0 aliphatic carbocycles. The lowest BCUT2D eigenvalue weighted by Crippen LogP contribution is -2.52. The van der Waals surface area contributed by atoms with Gasteiger partial charge < -0.3 is 25.2 Å². The van der Waals surface area contributed by atoms with Gasteiger partial charge in [0.05, 0.1) is 40.4 Å². The van der Waals surface area contributed by atoms with Crippen molar-refractivity contribution in [3.8, 4) is 5.75 Å². The number of anilines is 5. The number of methoxy groups -OCH3 is 1. The summed E-state index contributed by atoms with van der Waals surface area (Å²) in [6.45, 7) is 10.6. The van der Waals surface area contributed by atoms with Gasteiger partial charge in [0, 0.05) is 62.3 Å². The molecule has 3 aromatic rings. The number of ether oxygens (including phenoxy) is 1. The van der Waals surface area contributed by atoms with Crippen LogP contribution in [0.4, 0.5) is 28.8 Å². The van der Waals surface area contributed by atoms with E-state index in [-0.39, 0.29) is 5.25 Å². The molecule has 1 atom stereocenters. The molecular weight excluding hydrogens is 558 g/mol. The Morgan fingerprint density at radius 2 is 1.73 bits per heavy atom. The van der Waals surface area contributed by atoms with Crippen LogP contribution in [0.5, 0.6) is 5.75 Å². The molecule has 0 unspecified atom stereocenters. The van der Waals surface area contributed by atoms with E-state index < -0.39 is 10.8 Å². The predicted molar refractivity (Wildman–Crippen MR) is 169 cm³/mol. The van der Waals surface area contributed by atoms with Gasteiger partial charge in [-0.3, -0.25) is 9.11 Å². The summed E-state index contributed by atoms with van der Waals surface area (Å²) in [5, 5.41) is 6.88. The number of rotatable bonds is 9. The lowest BCUT2D eigenvalue weighted by molar-refractivity contribution is 0.0982. The summed E-state index contributed by atoms with van der Waals surface area (Å²) in [5.74, 6) is 1.52. The Kier molecular flexibility index (Phi) is 9.64. The SMILES string of the molecule is COc1cc(N2CCC(N3CCN(C)CC3)CC2)ccc1Nc1ncc(Cl)c(Nc2ccccc2[S@@](=O)C(C)C)n1. The van der Waals surface area contributed by atoms with Crippen molar-refractivity contribution in [1.82, 2.24) is 19.8 Å². The number of piperidine rings is 1. The molecule has 0 bridgehead atoms. The fourth-order valence-corrected chi connectivity index (χ4v) is 6.61. The van der Waals surface area contributed by atoms with Gasteiger partial charge in [0.1, 0.15) is 10.8 Å². The van der Waals surface area contributed by atoms with Gasteiger partial charge in [0.2, 0.25) is 5.95 Å². The lowest BCUT2D eigenvalue weighted by atomic mass is 10.0. The maximum Gasteiger partial charge on any atom is 0.229 e. The van der Waals surface area contributed by atoms with Crippen LogP contribution in [0, 0.1) is 0 Å². The number of benzene rings is 2. The third-order valence-electron chi connectivity index (χ3n) is 7.84. The number of nitrogens with zero attached hydrogens (tertiary/aromatic N) is 5. The first-order valence-corrected chi connectivity index (χ1v) is 15.8. The molecule has 2 aliphatic rings. The zero-order valence-electron chi connectivity index (χ0n) is 24.3. The van der Waals surface area contributed by atoms with Gasteiger partial charge in [-0.15, -0.1) is 0 Å². The van der Waals surface area contributed by atoms with Crippen molar-refractivity contribution in [3.63, 3.8) is 0 Å². The van der Waals surface area contributed by atoms with Crippen LogP contribution in [-0.4, -0.2) is 88.7 Å². The molecule has 11 heteroatoms. The largest absolute Gasteiger partial charge is 0.494 e. The second-order valence-corrected chi connectivity index (χ2v) is 13.3. The summed E-state index contributed by atoms with van der Waals surface area (Å²) >= 11 is 6.45. The molecule has 2 N–H and O–H groups in total. The normalized spacial score (nSPS) is 18.0. The Morgan fingerprint density at radius 3 is 2.44 bits per heavy atom. The molecule has 5 rings (SSSR count). The Labute approximate surface area is 250 Å². The monoisotopic (exact) mass is 597 g/mol. The zero-order valence-corrected chi connectivity index (χ0v) is 25.8. The average Bonchev–Trinajstić information content (AvgIpc) is 2.99. The Balaban J connectivity index is 1.27. The van der Waals surface area contributed by atoms with Crippen LogP contribution >= 0.6 is 11.6 Å². The van der Waals surface area contributed by atoms with E-state index in [1.807, 2.05) is 44.2 Å². The molecule has 1 aromatic heterocycles. The van der Waals surface area contributed by atoms with E-state index in [2.05, 4.69) is 54.5 Å². The van der Waals surface area contributed by atoms with Crippen molar-refractivity contribution in [3.05, 3.63) is 53.7 Å². The molecule has 2 aromatic carbocycles. The van der Waals surface area contributed by atoms with Crippen LogP contribution in [-0.2, 0) is 10.8 Å². The summed E-state index contributed by atoms with van der Waals surface area (Å²) in [6, 6.07) is 14.4. The van der Waals surface area contributed by atoms with Crippen molar-refractivity contribution in [2.75, 3.05) is 69.0 Å². The van der Waals surface area contributed by atoms with Gasteiger partial charge in [-0.25, -0.2) is 4.98 Å². The maximum absolute atomic E-state index is 12.8. The maximum atomic E-state index is 12.8. The average molecular weight is 598 g/mol. The molecule has 0 saturated carbocycles. The highest BCUT2D eigenvalue weighted by Crippen LogP contribution is 2.34. The minimum atomic E-state index is -1.17. The van der Waals surface area contributed by atoms with Crippen molar-refractivity contribution >= 4 is 51.2 Å². The molecule has 2 saturated heterocycles. The van der Waals surface area contributed by atoms with Gasteiger partial charge in [0.25, 0.3) is 0 Å². The van der Waals surface area contributed by atoms with Crippen molar-refractivity contribution in [1.29, 1.82) is 0 Å². The highest BCUT2D eigenvalue weighted by molar-refractivity contribution is 7.85. The predicted octanol–water partition coefficient (Wildman–Crippen LogP) is 5.36. The molecule has 3 heterocycles. The minimum Gasteiger partial charge on any atom is -0.494 e. The van der Waals surface area contributed by atoms with Gasteiger partial charge in [-0.2, -0.15) is 4.98 Å². The van der Waals surface area contributed by atoms with Crippen molar-refractivity contribution < 1.29 is 8.95 Å². The minimum absolute atomic E-state index is 0.0187. The first-order chi connectivity index (χ1) is 19.8. The molecule has 0 spiro atoms. The van der Waals surface area contributed by atoms with Crippen LogP contribution in [0.15, 0.2) is 53.6 Å². The van der Waals surface area contributed by atoms with Gasteiger partial charge >= 0.3 is 0 Å². The number of hydrogen-bond acceptors (Lipinski definition) is 9. The highest BCUT2D eigenvalue weighted by atomic mass is 35.5. The molecular formula is C30H40ClN7O2S. The molecule has 220 valence electrons. The fraction of sp³-hybridized carbons (Fsp3) is 0.467. The Bertz CT molecular complexity index is 1360. The molecule has 0 amide bonds. The Morgan fingerprint density at radius 1 is 1.00 bits per heavy atom. The van der Waals surface area contributed by atoms with Gasteiger partial charge in [-0.1, -0.05) is 37.6 Å². The van der Waals surface area contributed by atoms with Crippen LogP contribution in [0.3, 0.4) is 0 Å². The van der Waals surface area contributed by atoms with Crippen molar-refractivity contribution in [2.45, 2.75) is 42.9 Å². The quantitative estimate of drug-likeness (QED) is 0.339. The van der Waals surface area contributed by atoms with Crippen LogP contribution in [0.2, 0.25) is 5.02 Å². The first-order valence-electron chi connectivity index (χ1n) is 14.2. The van der Waals surface area contributed by atoms with E-state index in [1.165, 1.54) is 25.9 Å². The summed E-state index contributed by atoms with van der Waals surface area (Å²) in [7, 11) is 2.71. The van der Waals surface area contributed by atoms with E-state index in [1.54, 1.807) is 13.3 Å². The van der Waals surface area contributed by atoms with Crippen LogP contribution < -0.4 is 20.3 Å². The number of halogens is 1. The zero-order chi connectivity index (χ0) is 28.9. The molecule has 0 radical (unpaired) electrons. The standard InChI is InChI=1S/C30H40ClN7O2S/c1-21(2)41(39)28-8-6-5-7-26(28)33-29-24(31)20-32-30(35-29)34-25-10-9-23(19-27(25)40-4)37-13-11-22(12-14-37)38-17-15-36(3)16-18-38/h5-10,19-22H,11-18H2,1-4H3,(H2,32,33,34,35)/t41-/m0/s1. The third kappa shape index (κ3) is 7.12. The third-order valence-corrected chi connectivity index (χ3v) is 9.77. The molecule has 41 heavy (non-hydrogen) atoms. The van der Waals surface area contributed by atoms with E-state index in [0.29, 0.717) is 33.4 Å². The topological polar surface area (TPSA) is 85.9 Å². The lowest BCUT2D eigenvalue weighted by Gasteiger charge is -2.42. The van der Waals surface area contributed by atoms with Crippen molar-refractivity contribution in [2.24, 2.45) is 0 Å². The van der Waals surface area contributed by atoms with Crippen LogP contribution in [0.25, 0.3) is 0 Å². The number of nitrogens with one attached hydrogen (secondary N) is 2. The number of aromatic nitrogens is 2. The highest BCUT2D eigenvalue weighted by Gasteiger charge is 2.27. The van der Waals surface area contributed by atoms with Crippen LogP contribution in [0.1, 0.15) is 26.7 Å². The van der Waals surface area contributed by atoms with E-state index in [0.717, 1.165) is 43.3 Å². The smallest absolute Gasteiger partial charge is 0.229 e. The van der Waals surface area contributed by atoms with Gasteiger partial charge in [0.15, 0.2) is 5.82 Å². The van der Waals surface area contributed by atoms with Gasteiger partial charge in [-0.05, 0) is 44.2 Å².